The average molecular weight is 354 g/mol. The highest BCUT2D eigenvalue weighted by atomic mass is 79.9. The molecule has 0 radical (unpaired) electrons. The van der Waals surface area contributed by atoms with Gasteiger partial charge in [0.15, 0.2) is 0 Å². The summed E-state index contributed by atoms with van der Waals surface area (Å²) < 4.78 is 13.6. The van der Waals surface area contributed by atoms with E-state index < -0.39 is 0 Å². The molecule has 0 spiro atoms. The lowest BCUT2D eigenvalue weighted by molar-refractivity contribution is 0.382. The normalized spacial score (nSPS) is 12.2. The molecular weight excluding hydrogens is 334 g/mol. The highest BCUT2D eigenvalue weighted by Gasteiger charge is 2.22. The summed E-state index contributed by atoms with van der Waals surface area (Å²) in [5.41, 5.74) is 1.97. The molecule has 21 heavy (non-hydrogen) atoms. The van der Waals surface area contributed by atoms with E-state index in [9.17, 15) is 0 Å². The zero-order valence-corrected chi connectivity index (χ0v) is 14.3. The van der Waals surface area contributed by atoms with Crippen LogP contribution in [0.5, 0.6) is 11.5 Å². The monoisotopic (exact) mass is 353 g/mol. The standard InChI is InChI=1S/C15H20BrN3O2/c1-5-17-14(11-8-19(2)9-18-11)10-6-7-12(20-3)13(16)15(10)21-4/h6-9,14,17H,5H2,1-4H3. The van der Waals surface area contributed by atoms with Crippen LogP contribution >= 0.6 is 15.9 Å². The molecule has 2 aromatic rings. The first-order valence-electron chi connectivity index (χ1n) is 6.74. The van der Waals surface area contributed by atoms with E-state index in [1.54, 1.807) is 20.5 Å². The van der Waals surface area contributed by atoms with E-state index >= 15 is 0 Å². The lowest BCUT2D eigenvalue weighted by Crippen LogP contribution is -2.23. The molecule has 5 nitrogen and oxygen atoms in total. The second-order valence-electron chi connectivity index (χ2n) is 4.66. The third-order valence-electron chi connectivity index (χ3n) is 3.26. The van der Waals surface area contributed by atoms with Gasteiger partial charge in [0.05, 0.1) is 32.3 Å². The summed E-state index contributed by atoms with van der Waals surface area (Å²) in [5.74, 6) is 1.50. The summed E-state index contributed by atoms with van der Waals surface area (Å²) in [5, 5.41) is 3.45. The van der Waals surface area contributed by atoms with Gasteiger partial charge in [0.25, 0.3) is 0 Å². The van der Waals surface area contributed by atoms with Crippen LogP contribution < -0.4 is 14.8 Å². The van der Waals surface area contributed by atoms with Gasteiger partial charge in [-0.05, 0) is 34.6 Å². The predicted molar refractivity (Wildman–Crippen MR) is 86.0 cm³/mol. The Morgan fingerprint density at radius 3 is 2.62 bits per heavy atom. The van der Waals surface area contributed by atoms with Crippen molar-refractivity contribution in [2.45, 2.75) is 13.0 Å². The number of hydrogen-bond acceptors (Lipinski definition) is 4. The van der Waals surface area contributed by atoms with Crippen molar-refractivity contribution in [3.05, 3.63) is 40.4 Å². The molecule has 1 aromatic carbocycles. The molecule has 1 unspecified atom stereocenters. The maximum absolute atomic E-state index is 5.57. The smallest absolute Gasteiger partial charge is 0.141 e. The van der Waals surface area contributed by atoms with Crippen LogP contribution in [0.4, 0.5) is 0 Å². The first kappa shape index (κ1) is 15.9. The number of aromatic nitrogens is 2. The Hall–Kier alpha value is -1.53. The number of aryl methyl sites for hydroxylation is 1. The molecule has 0 aliphatic rings. The summed E-state index contributed by atoms with van der Waals surface area (Å²) in [6, 6.07) is 3.90. The fraction of sp³-hybridized carbons (Fsp3) is 0.400. The second kappa shape index (κ2) is 6.95. The maximum Gasteiger partial charge on any atom is 0.141 e. The molecule has 114 valence electrons. The van der Waals surface area contributed by atoms with E-state index in [2.05, 4.69) is 33.2 Å². The molecule has 1 heterocycles. The van der Waals surface area contributed by atoms with E-state index in [-0.39, 0.29) is 6.04 Å². The molecule has 0 amide bonds. The van der Waals surface area contributed by atoms with Gasteiger partial charge in [-0.3, -0.25) is 0 Å². The lowest BCUT2D eigenvalue weighted by atomic mass is 10.0. The van der Waals surface area contributed by atoms with Crippen LogP contribution in [0.2, 0.25) is 0 Å². The number of imidazole rings is 1. The predicted octanol–water partition coefficient (Wildman–Crippen LogP) is 2.90. The van der Waals surface area contributed by atoms with Gasteiger partial charge >= 0.3 is 0 Å². The van der Waals surface area contributed by atoms with Crippen LogP contribution in [0.3, 0.4) is 0 Å². The van der Waals surface area contributed by atoms with Crippen LogP contribution in [0.1, 0.15) is 24.2 Å². The number of methoxy groups -OCH3 is 2. The number of hydrogen-bond donors (Lipinski definition) is 1. The van der Waals surface area contributed by atoms with Crippen LogP contribution in [0, 0.1) is 0 Å². The minimum Gasteiger partial charge on any atom is -0.495 e. The lowest BCUT2D eigenvalue weighted by Gasteiger charge is -2.21. The third-order valence-corrected chi connectivity index (χ3v) is 4.01. The number of benzene rings is 1. The molecule has 0 saturated heterocycles. The fourth-order valence-electron chi connectivity index (χ4n) is 2.31. The van der Waals surface area contributed by atoms with Crippen molar-refractivity contribution >= 4 is 15.9 Å². The van der Waals surface area contributed by atoms with E-state index in [0.717, 1.165) is 33.8 Å². The summed E-state index contributed by atoms with van der Waals surface area (Å²) >= 11 is 3.55. The Kier molecular flexibility index (Phi) is 5.25. The first-order chi connectivity index (χ1) is 10.1. The summed E-state index contributed by atoms with van der Waals surface area (Å²) in [7, 11) is 5.25. The topological polar surface area (TPSA) is 48.3 Å². The quantitative estimate of drug-likeness (QED) is 0.867. The van der Waals surface area contributed by atoms with Crippen molar-refractivity contribution in [3.63, 3.8) is 0 Å². The van der Waals surface area contributed by atoms with Crippen LogP contribution in [-0.4, -0.2) is 30.3 Å². The van der Waals surface area contributed by atoms with Crippen molar-refractivity contribution < 1.29 is 9.47 Å². The maximum atomic E-state index is 5.57. The van der Waals surface area contributed by atoms with E-state index in [1.807, 2.05) is 29.9 Å². The van der Waals surface area contributed by atoms with Gasteiger partial charge in [-0.1, -0.05) is 6.92 Å². The van der Waals surface area contributed by atoms with Gasteiger partial charge in [-0.25, -0.2) is 4.98 Å². The molecule has 0 bridgehead atoms. The number of rotatable bonds is 6. The summed E-state index contributed by atoms with van der Waals surface area (Å²) in [4.78, 5) is 4.46. The number of ether oxygens (including phenoxy) is 2. The van der Waals surface area contributed by atoms with Crippen molar-refractivity contribution in [1.82, 2.24) is 14.9 Å². The number of nitrogens with one attached hydrogen (secondary N) is 1. The Labute approximate surface area is 133 Å². The van der Waals surface area contributed by atoms with Crippen molar-refractivity contribution in [2.24, 2.45) is 7.05 Å². The van der Waals surface area contributed by atoms with Gasteiger partial charge in [-0.2, -0.15) is 0 Å². The van der Waals surface area contributed by atoms with Gasteiger partial charge in [-0.15, -0.1) is 0 Å². The minimum atomic E-state index is -0.0339. The molecule has 1 atom stereocenters. The van der Waals surface area contributed by atoms with E-state index in [1.165, 1.54) is 0 Å². The second-order valence-corrected chi connectivity index (χ2v) is 5.45. The molecule has 1 aromatic heterocycles. The fourth-order valence-corrected chi connectivity index (χ4v) is 2.99. The molecule has 0 fully saturated rings. The van der Waals surface area contributed by atoms with E-state index in [0.29, 0.717) is 0 Å². The van der Waals surface area contributed by atoms with Crippen LogP contribution in [0.15, 0.2) is 29.1 Å². The van der Waals surface area contributed by atoms with Crippen molar-refractivity contribution in [2.75, 3.05) is 20.8 Å². The molecular formula is C15H20BrN3O2. The van der Waals surface area contributed by atoms with Gasteiger partial charge in [0.2, 0.25) is 0 Å². The van der Waals surface area contributed by atoms with Crippen molar-refractivity contribution in [3.8, 4) is 11.5 Å². The molecule has 6 heteroatoms. The largest absolute Gasteiger partial charge is 0.495 e. The van der Waals surface area contributed by atoms with Gasteiger partial charge in [0, 0.05) is 18.8 Å². The summed E-state index contributed by atoms with van der Waals surface area (Å²) in [6.07, 6.45) is 3.80. The average Bonchev–Trinajstić information content (AvgIpc) is 2.91. The molecule has 0 aliphatic carbocycles. The van der Waals surface area contributed by atoms with Crippen molar-refractivity contribution in [1.29, 1.82) is 0 Å². The Morgan fingerprint density at radius 1 is 1.33 bits per heavy atom. The molecule has 2 rings (SSSR count). The molecule has 0 aliphatic heterocycles. The first-order valence-corrected chi connectivity index (χ1v) is 7.53. The van der Waals surface area contributed by atoms with Crippen LogP contribution in [0.25, 0.3) is 0 Å². The third kappa shape index (κ3) is 3.22. The Balaban J connectivity index is 2.52. The highest BCUT2D eigenvalue weighted by molar-refractivity contribution is 9.10. The summed E-state index contributed by atoms with van der Waals surface area (Å²) in [6.45, 7) is 2.90. The molecule has 0 saturated carbocycles. The Bertz CT molecular complexity index is 613. The number of halogens is 1. The zero-order chi connectivity index (χ0) is 15.4. The van der Waals surface area contributed by atoms with Gasteiger partial charge in [0.1, 0.15) is 16.0 Å². The highest BCUT2D eigenvalue weighted by Crippen LogP contribution is 2.40. The minimum absolute atomic E-state index is 0.0339. The molecule has 1 N–H and O–H groups in total. The van der Waals surface area contributed by atoms with Crippen LogP contribution in [-0.2, 0) is 7.05 Å². The van der Waals surface area contributed by atoms with Gasteiger partial charge < -0.3 is 19.4 Å². The number of nitrogens with zero attached hydrogens (tertiary/aromatic N) is 2. The van der Waals surface area contributed by atoms with E-state index in [4.69, 9.17) is 9.47 Å². The SMILES string of the molecule is CCNC(c1cn(C)cn1)c1ccc(OC)c(Br)c1OC. The Morgan fingerprint density at radius 2 is 2.10 bits per heavy atom. The zero-order valence-electron chi connectivity index (χ0n) is 12.7.